The Kier molecular flexibility index (Phi) is 12.4. The summed E-state index contributed by atoms with van der Waals surface area (Å²) in [6.07, 6.45) is 1.01. The summed E-state index contributed by atoms with van der Waals surface area (Å²) in [6.45, 7) is 1.07. The van der Waals surface area contributed by atoms with Crippen LogP contribution < -0.4 is 9.47 Å². The van der Waals surface area contributed by atoms with Gasteiger partial charge in [-0.15, -0.1) is 0 Å². The standard InChI is InChI=1S/C46H44O8/c47-23-24-49-46-40-27-39(26-38(50-29-33-13-5-1-6-14-33)28-42(40)52-31-35-17-9-3-10-18-35)54-45(44(46)48)37-21-22-41(51-30-34-15-7-2-8-16-34)43(25-37)53-32-36-19-11-4-12-20-36/h1-22,25-26,28,44-48H,23-24,27,29-32H2/t44?,45-,46?/m1/s1. The van der Waals surface area contributed by atoms with Crippen molar-refractivity contribution in [2.75, 3.05) is 13.2 Å². The first kappa shape index (κ1) is 36.6. The normalized spacial score (nSPS) is 18.0. The summed E-state index contributed by atoms with van der Waals surface area (Å²) < 4.78 is 38.5. The maximum atomic E-state index is 12.2. The van der Waals surface area contributed by atoms with Crippen LogP contribution >= 0.6 is 0 Å². The zero-order valence-electron chi connectivity index (χ0n) is 30.0. The van der Waals surface area contributed by atoms with Crippen LogP contribution in [0.4, 0.5) is 0 Å². The topological polar surface area (TPSA) is 95.8 Å². The van der Waals surface area contributed by atoms with Gasteiger partial charge < -0.3 is 38.6 Å². The zero-order valence-corrected chi connectivity index (χ0v) is 30.0. The van der Waals surface area contributed by atoms with Crippen LogP contribution in [0, 0.1) is 0 Å². The number of aliphatic hydroxyl groups excluding tert-OH is 2. The molecule has 8 nitrogen and oxygen atoms in total. The van der Waals surface area contributed by atoms with Crippen molar-refractivity contribution in [2.24, 2.45) is 0 Å². The van der Waals surface area contributed by atoms with Gasteiger partial charge in [0.25, 0.3) is 0 Å². The minimum atomic E-state index is -1.19. The first-order valence-corrected chi connectivity index (χ1v) is 18.2. The van der Waals surface area contributed by atoms with Crippen molar-refractivity contribution >= 4 is 0 Å². The van der Waals surface area contributed by atoms with Gasteiger partial charge in [0, 0.05) is 24.1 Å². The molecule has 0 radical (unpaired) electrons. The van der Waals surface area contributed by atoms with Crippen molar-refractivity contribution in [3.63, 3.8) is 0 Å². The molecule has 2 N–H and O–H groups in total. The molecular weight excluding hydrogens is 680 g/mol. The Morgan fingerprint density at radius 2 is 1.09 bits per heavy atom. The van der Waals surface area contributed by atoms with E-state index in [9.17, 15) is 10.2 Å². The second-order valence-corrected chi connectivity index (χ2v) is 13.1. The summed E-state index contributed by atoms with van der Waals surface area (Å²) in [7, 11) is 0. The highest BCUT2D eigenvalue weighted by atomic mass is 16.5. The number of ether oxygens (including phenoxy) is 6. The summed E-state index contributed by atoms with van der Waals surface area (Å²) >= 11 is 0. The number of aliphatic hydroxyl groups is 2. The molecule has 5 aromatic rings. The van der Waals surface area contributed by atoms with Gasteiger partial charge in [-0.05, 0) is 39.9 Å². The van der Waals surface area contributed by atoms with Crippen molar-refractivity contribution < 1.29 is 38.6 Å². The molecule has 0 saturated carbocycles. The van der Waals surface area contributed by atoms with Gasteiger partial charge >= 0.3 is 0 Å². The Morgan fingerprint density at radius 1 is 0.574 bits per heavy atom. The highest BCUT2D eigenvalue weighted by molar-refractivity contribution is 5.46. The lowest BCUT2D eigenvalue weighted by molar-refractivity contribution is -0.0818. The Labute approximate surface area is 316 Å². The van der Waals surface area contributed by atoms with Crippen LogP contribution in [0.1, 0.15) is 40.3 Å². The van der Waals surface area contributed by atoms with Gasteiger partial charge in [-0.25, -0.2) is 0 Å². The molecule has 2 aliphatic rings. The molecule has 0 spiro atoms. The van der Waals surface area contributed by atoms with E-state index in [-0.39, 0.29) is 26.2 Å². The summed E-state index contributed by atoms with van der Waals surface area (Å²) in [5, 5.41) is 22.0. The Morgan fingerprint density at radius 3 is 1.65 bits per heavy atom. The maximum absolute atomic E-state index is 12.2. The van der Waals surface area contributed by atoms with E-state index in [2.05, 4.69) is 0 Å². The molecule has 8 heteroatoms. The van der Waals surface area contributed by atoms with E-state index in [1.165, 1.54) is 0 Å². The number of hydrogen-bond donors (Lipinski definition) is 2. The van der Waals surface area contributed by atoms with Crippen LogP contribution in [0.15, 0.2) is 175 Å². The van der Waals surface area contributed by atoms with E-state index in [4.69, 9.17) is 28.4 Å². The third kappa shape index (κ3) is 9.59. The second-order valence-electron chi connectivity index (χ2n) is 13.1. The van der Waals surface area contributed by atoms with Crippen molar-refractivity contribution in [3.8, 4) is 11.5 Å². The van der Waals surface area contributed by atoms with Gasteiger partial charge in [0.1, 0.15) is 55.9 Å². The van der Waals surface area contributed by atoms with Crippen LogP contribution in [0.3, 0.4) is 0 Å². The van der Waals surface area contributed by atoms with Crippen LogP contribution in [0.25, 0.3) is 0 Å². The molecule has 1 fully saturated rings. The largest absolute Gasteiger partial charge is 0.489 e. The SMILES string of the molecule is OCCOC1C2=C(OCc3ccccc3)C=C(OCc3ccccc3)C=C(C2)O[C@H](c2ccc(OCc3ccccc3)c(OCc3ccccc3)c2)C1O. The summed E-state index contributed by atoms with van der Waals surface area (Å²) in [5.41, 5.74) is 5.36. The summed E-state index contributed by atoms with van der Waals surface area (Å²) in [6, 6.07) is 45.2. The quantitative estimate of drug-likeness (QED) is 0.105. The fraction of sp³-hybridized carbons (Fsp3) is 0.217. The lowest BCUT2D eigenvalue weighted by Crippen LogP contribution is -2.36. The molecule has 54 heavy (non-hydrogen) atoms. The predicted octanol–water partition coefficient (Wildman–Crippen LogP) is 8.51. The van der Waals surface area contributed by atoms with Gasteiger partial charge in [-0.3, -0.25) is 0 Å². The number of rotatable bonds is 16. The van der Waals surface area contributed by atoms with Gasteiger partial charge in [-0.1, -0.05) is 127 Å². The van der Waals surface area contributed by atoms with Gasteiger partial charge in [0.15, 0.2) is 17.6 Å². The van der Waals surface area contributed by atoms with E-state index in [1.54, 1.807) is 0 Å². The average molecular weight is 725 g/mol. The molecule has 3 atom stereocenters. The fourth-order valence-corrected chi connectivity index (χ4v) is 6.40. The van der Waals surface area contributed by atoms with E-state index in [0.29, 0.717) is 59.7 Å². The highest BCUT2D eigenvalue weighted by Gasteiger charge is 2.40. The summed E-state index contributed by atoms with van der Waals surface area (Å²) in [5.74, 6) is 2.68. The highest BCUT2D eigenvalue weighted by Crippen LogP contribution is 2.42. The Bertz CT molecular complexity index is 2030. The Hall–Kier alpha value is -5.80. The number of fused-ring (bicyclic) bond motifs is 2. The maximum Gasteiger partial charge on any atom is 0.162 e. The molecule has 1 saturated heterocycles. The molecule has 0 amide bonds. The third-order valence-corrected chi connectivity index (χ3v) is 9.14. The minimum absolute atomic E-state index is 0.00172. The third-order valence-electron chi connectivity index (χ3n) is 9.14. The van der Waals surface area contributed by atoms with Gasteiger partial charge in [0.05, 0.1) is 13.2 Å². The van der Waals surface area contributed by atoms with Crippen molar-refractivity contribution in [2.45, 2.75) is 51.2 Å². The molecule has 276 valence electrons. The van der Waals surface area contributed by atoms with Crippen molar-refractivity contribution in [1.29, 1.82) is 0 Å². The Balaban J connectivity index is 1.24. The monoisotopic (exact) mass is 724 g/mol. The van der Waals surface area contributed by atoms with Gasteiger partial charge in [-0.2, -0.15) is 0 Å². The molecule has 0 aromatic heterocycles. The number of benzene rings is 5. The van der Waals surface area contributed by atoms with Crippen molar-refractivity contribution in [1.82, 2.24) is 0 Å². The number of allylic oxidation sites excluding steroid dienone is 3. The predicted molar refractivity (Wildman–Crippen MR) is 205 cm³/mol. The van der Waals surface area contributed by atoms with E-state index in [0.717, 1.165) is 22.3 Å². The minimum Gasteiger partial charge on any atom is -0.489 e. The van der Waals surface area contributed by atoms with Crippen LogP contribution in [-0.2, 0) is 45.4 Å². The average Bonchev–Trinajstić information content (AvgIpc) is 3.48. The lowest BCUT2D eigenvalue weighted by Gasteiger charge is -2.29. The van der Waals surface area contributed by atoms with E-state index in [1.807, 2.05) is 152 Å². The zero-order chi connectivity index (χ0) is 37.0. The van der Waals surface area contributed by atoms with Gasteiger partial charge in [0.2, 0.25) is 0 Å². The molecule has 7 rings (SSSR count). The molecule has 5 aromatic carbocycles. The smallest absolute Gasteiger partial charge is 0.162 e. The molecule has 2 unspecified atom stereocenters. The van der Waals surface area contributed by atoms with Crippen LogP contribution in [-0.4, -0.2) is 35.6 Å². The lowest BCUT2D eigenvalue weighted by atomic mass is 9.94. The van der Waals surface area contributed by atoms with Crippen molar-refractivity contribution in [3.05, 3.63) is 202 Å². The fourth-order valence-electron chi connectivity index (χ4n) is 6.40. The first-order valence-electron chi connectivity index (χ1n) is 18.2. The molecular formula is C46H44O8. The van der Waals surface area contributed by atoms with Crippen LogP contribution in [0.2, 0.25) is 0 Å². The number of hydrogen-bond acceptors (Lipinski definition) is 8. The molecule has 2 bridgehead atoms. The van der Waals surface area contributed by atoms with E-state index < -0.39 is 18.3 Å². The second kappa shape index (κ2) is 18.3. The molecule has 1 aliphatic carbocycles. The molecule has 1 aliphatic heterocycles. The van der Waals surface area contributed by atoms with Crippen LogP contribution in [0.5, 0.6) is 11.5 Å². The van der Waals surface area contributed by atoms with E-state index >= 15 is 0 Å². The summed E-state index contributed by atoms with van der Waals surface area (Å²) in [4.78, 5) is 0. The molecule has 1 heterocycles. The first-order chi connectivity index (χ1) is 26.6.